The maximum absolute atomic E-state index is 11.6. The van der Waals surface area contributed by atoms with Crippen LogP contribution in [0.4, 0.5) is 0 Å². The van der Waals surface area contributed by atoms with Crippen molar-refractivity contribution in [2.45, 2.75) is 18.5 Å². The summed E-state index contributed by atoms with van der Waals surface area (Å²) in [5.74, 6) is 1.39. The quantitative estimate of drug-likeness (QED) is 0.867. The molecule has 0 aromatic heterocycles. The van der Waals surface area contributed by atoms with Crippen LogP contribution in [0.2, 0.25) is 0 Å². The van der Waals surface area contributed by atoms with Gasteiger partial charge in [-0.2, -0.15) is 0 Å². The summed E-state index contributed by atoms with van der Waals surface area (Å²) in [6, 6.07) is 5.34. The fourth-order valence-electron chi connectivity index (χ4n) is 2.41. The molecule has 1 aromatic carbocycles. The molecule has 0 aliphatic carbocycles. The third kappa shape index (κ3) is 2.01. The van der Waals surface area contributed by atoms with Crippen LogP contribution >= 0.6 is 0 Å². The van der Waals surface area contributed by atoms with Gasteiger partial charge in [-0.25, -0.2) is 0 Å². The number of benzene rings is 1. The molecule has 0 unspecified atom stereocenters. The van der Waals surface area contributed by atoms with E-state index >= 15 is 0 Å². The average molecular weight is 250 g/mol. The molecule has 5 nitrogen and oxygen atoms in total. The molecule has 0 radical (unpaired) electrons. The molecule has 0 bridgehead atoms. The summed E-state index contributed by atoms with van der Waals surface area (Å²) in [5.41, 5.74) is 6.99. The fraction of sp³-hybridized carbons (Fsp3) is 0.462. The average Bonchev–Trinajstić information content (AvgIpc) is 2.62. The number of rotatable bonds is 3. The zero-order valence-corrected chi connectivity index (χ0v) is 10.8. The lowest BCUT2D eigenvalue weighted by molar-refractivity contribution is -0.127. The van der Waals surface area contributed by atoms with Crippen LogP contribution in [0.1, 0.15) is 18.0 Å². The second kappa shape index (κ2) is 4.86. The van der Waals surface area contributed by atoms with Crippen molar-refractivity contribution in [3.63, 3.8) is 0 Å². The van der Waals surface area contributed by atoms with Crippen molar-refractivity contribution < 1.29 is 14.3 Å². The Balaban J connectivity index is 2.36. The van der Waals surface area contributed by atoms with Crippen molar-refractivity contribution in [2.75, 3.05) is 21.3 Å². The predicted molar refractivity (Wildman–Crippen MR) is 67.6 cm³/mol. The standard InChI is InChI=1S/C13H18N2O3/c1-15-12(16)7-9(14)13(15)8-4-5-10(17-2)11(6-8)18-3/h4-6,9,13H,7,14H2,1-3H3/t9-,13+/m0/s1. The Morgan fingerprint density at radius 3 is 2.44 bits per heavy atom. The maximum Gasteiger partial charge on any atom is 0.224 e. The third-order valence-corrected chi connectivity index (χ3v) is 3.38. The van der Waals surface area contributed by atoms with Crippen LogP contribution in [0.15, 0.2) is 18.2 Å². The number of ether oxygens (including phenoxy) is 2. The first-order chi connectivity index (χ1) is 8.58. The highest BCUT2D eigenvalue weighted by Crippen LogP contribution is 2.35. The first-order valence-electron chi connectivity index (χ1n) is 5.81. The molecule has 1 aromatic rings. The molecule has 2 atom stereocenters. The summed E-state index contributed by atoms with van der Waals surface area (Å²) < 4.78 is 10.5. The number of carbonyl (C=O) groups is 1. The summed E-state index contributed by atoms with van der Waals surface area (Å²) in [7, 11) is 4.95. The molecule has 2 N–H and O–H groups in total. The van der Waals surface area contributed by atoms with Crippen LogP contribution in [0, 0.1) is 0 Å². The van der Waals surface area contributed by atoms with Crippen LogP contribution in [0.5, 0.6) is 11.5 Å². The Labute approximate surface area is 106 Å². The summed E-state index contributed by atoms with van der Waals surface area (Å²) in [4.78, 5) is 13.3. The van der Waals surface area contributed by atoms with Crippen LogP contribution in [0.25, 0.3) is 0 Å². The zero-order valence-electron chi connectivity index (χ0n) is 10.8. The minimum Gasteiger partial charge on any atom is -0.493 e. The SMILES string of the molecule is COc1ccc([C@@H]2[C@@H](N)CC(=O)N2C)cc1OC. The van der Waals surface area contributed by atoms with Gasteiger partial charge in [0.2, 0.25) is 5.91 Å². The third-order valence-electron chi connectivity index (χ3n) is 3.38. The Morgan fingerprint density at radius 2 is 1.94 bits per heavy atom. The number of likely N-dealkylation sites (tertiary alicyclic amines) is 1. The molecule has 5 heteroatoms. The van der Waals surface area contributed by atoms with Gasteiger partial charge in [-0.15, -0.1) is 0 Å². The smallest absolute Gasteiger partial charge is 0.224 e. The topological polar surface area (TPSA) is 64.8 Å². The molecular formula is C13H18N2O3. The van der Waals surface area contributed by atoms with Crippen molar-refractivity contribution >= 4 is 5.91 Å². The molecule has 1 aliphatic rings. The van der Waals surface area contributed by atoms with Crippen molar-refractivity contribution in [3.8, 4) is 11.5 Å². The molecule has 1 fully saturated rings. The number of nitrogens with two attached hydrogens (primary N) is 1. The van der Waals surface area contributed by atoms with E-state index < -0.39 is 0 Å². The highest BCUT2D eigenvalue weighted by molar-refractivity contribution is 5.80. The zero-order chi connectivity index (χ0) is 13.3. The summed E-state index contributed by atoms with van der Waals surface area (Å²) >= 11 is 0. The van der Waals surface area contributed by atoms with Crippen molar-refractivity contribution in [2.24, 2.45) is 5.73 Å². The van der Waals surface area contributed by atoms with Crippen molar-refractivity contribution in [1.29, 1.82) is 0 Å². The number of carbonyl (C=O) groups excluding carboxylic acids is 1. The first kappa shape index (κ1) is 12.7. The van der Waals surface area contributed by atoms with Crippen LogP contribution < -0.4 is 15.2 Å². The molecule has 1 heterocycles. The number of hydrogen-bond acceptors (Lipinski definition) is 4. The highest BCUT2D eigenvalue weighted by Gasteiger charge is 2.36. The van der Waals surface area contributed by atoms with Gasteiger partial charge in [0.25, 0.3) is 0 Å². The molecule has 0 saturated carbocycles. The van der Waals surface area contributed by atoms with Gasteiger partial charge in [-0.3, -0.25) is 4.79 Å². The van der Waals surface area contributed by atoms with Gasteiger partial charge in [-0.1, -0.05) is 6.07 Å². The van der Waals surface area contributed by atoms with Gasteiger partial charge in [0.1, 0.15) is 0 Å². The first-order valence-corrected chi connectivity index (χ1v) is 5.81. The second-order valence-corrected chi connectivity index (χ2v) is 4.43. The summed E-state index contributed by atoms with van der Waals surface area (Å²) in [6.45, 7) is 0. The maximum atomic E-state index is 11.6. The van der Waals surface area contributed by atoms with Crippen LogP contribution in [-0.4, -0.2) is 38.1 Å². The van der Waals surface area contributed by atoms with Crippen molar-refractivity contribution in [1.82, 2.24) is 4.90 Å². The van der Waals surface area contributed by atoms with Gasteiger partial charge >= 0.3 is 0 Å². The number of methoxy groups -OCH3 is 2. The van der Waals surface area contributed by atoms with E-state index in [4.69, 9.17) is 15.2 Å². The highest BCUT2D eigenvalue weighted by atomic mass is 16.5. The van der Waals surface area contributed by atoms with Gasteiger partial charge in [0.05, 0.1) is 20.3 Å². The van der Waals surface area contributed by atoms with E-state index in [9.17, 15) is 4.79 Å². The number of likely N-dealkylation sites (N-methyl/N-ethyl adjacent to an activating group) is 1. The van der Waals surface area contributed by atoms with E-state index in [0.29, 0.717) is 17.9 Å². The largest absolute Gasteiger partial charge is 0.493 e. The van der Waals surface area contributed by atoms with Gasteiger partial charge in [0.15, 0.2) is 11.5 Å². The molecule has 18 heavy (non-hydrogen) atoms. The van der Waals surface area contributed by atoms with E-state index in [-0.39, 0.29) is 18.0 Å². The molecule has 2 rings (SSSR count). The predicted octanol–water partition coefficient (Wildman–Crippen LogP) is 0.934. The van der Waals surface area contributed by atoms with E-state index in [1.807, 2.05) is 18.2 Å². The van der Waals surface area contributed by atoms with E-state index in [0.717, 1.165) is 5.56 Å². The van der Waals surface area contributed by atoms with Gasteiger partial charge in [-0.05, 0) is 17.7 Å². The molecule has 1 aliphatic heterocycles. The van der Waals surface area contributed by atoms with Gasteiger partial charge < -0.3 is 20.1 Å². The monoisotopic (exact) mass is 250 g/mol. The van der Waals surface area contributed by atoms with E-state index in [1.165, 1.54) is 0 Å². The normalized spacial score (nSPS) is 23.3. The molecule has 1 amide bonds. The lowest BCUT2D eigenvalue weighted by Crippen LogP contribution is -2.30. The number of amides is 1. The minimum absolute atomic E-state index is 0.0716. The Morgan fingerprint density at radius 1 is 1.28 bits per heavy atom. The minimum atomic E-state index is -0.180. The van der Waals surface area contributed by atoms with Crippen LogP contribution in [-0.2, 0) is 4.79 Å². The van der Waals surface area contributed by atoms with E-state index in [2.05, 4.69) is 0 Å². The van der Waals surface area contributed by atoms with Crippen LogP contribution in [0.3, 0.4) is 0 Å². The molecule has 1 saturated heterocycles. The van der Waals surface area contributed by atoms with E-state index in [1.54, 1.807) is 26.2 Å². The molecular weight excluding hydrogens is 232 g/mol. The Kier molecular flexibility index (Phi) is 3.43. The lowest BCUT2D eigenvalue weighted by Gasteiger charge is -2.24. The molecule has 98 valence electrons. The molecule has 0 spiro atoms. The van der Waals surface area contributed by atoms with Gasteiger partial charge in [0, 0.05) is 19.5 Å². The second-order valence-electron chi connectivity index (χ2n) is 4.43. The Bertz CT molecular complexity index is 462. The number of nitrogens with zero attached hydrogens (tertiary/aromatic N) is 1. The number of hydrogen-bond donors (Lipinski definition) is 1. The van der Waals surface area contributed by atoms with Crippen molar-refractivity contribution in [3.05, 3.63) is 23.8 Å². The lowest BCUT2D eigenvalue weighted by atomic mass is 10.0. The summed E-state index contributed by atoms with van der Waals surface area (Å²) in [6.07, 6.45) is 0.384. The Hall–Kier alpha value is -1.75. The summed E-state index contributed by atoms with van der Waals surface area (Å²) in [5, 5.41) is 0. The fourth-order valence-corrected chi connectivity index (χ4v) is 2.41.